The highest BCUT2D eigenvalue weighted by molar-refractivity contribution is 9.10. The number of unbranched alkanes of at least 4 members (excludes halogenated alkanes) is 4. The maximum Gasteiger partial charge on any atom is 0.120 e. The molecule has 0 aliphatic heterocycles. The molecule has 0 saturated carbocycles. The van der Waals surface area contributed by atoms with Crippen molar-refractivity contribution < 1.29 is 4.74 Å². The summed E-state index contributed by atoms with van der Waals surface area (Å²) in [6.07, 6.45) is 7.47. The van der Waals surface area contributed by atoms with Crippen molar-refractivity contribution in [3.8, 4) is 5.75 Å². The van der Waals surface area contributed by atoms with E-state index in [2.05, 4.69) is 28.9 Å². The summed E-state index contributed by atoms with van der Waals surface area (Å²) in [5, 5.41) is 0.0895. The van der Waals surface area contributed by atoms with Gasteiger partial charge in [0.1, 0.15) is 5.75 Å². The molecule has 0 radical (unpaired) electrons. The van der Waals surface area contributed by atoms with Crippen molar-refractivity contribution in [2.75, 3.05) is 6.61 Å². The van der Waals surface area contributed by atoms with E-state index in [9.17, 15) is 0 Å². The Bertz CT molecular complexity index is 368. The van der Waals surface area contributed by atoms with Crippen LogP contribution in [0.15, 0.2) is 22.7 Å². The van der Waals surface area contributed by atoms with Crippen LogP contribution in [0, 0.1) is 0 Å². The van der Waals surface area contributed by atoms with Gasteiger partial charge in [0.15, 0.2) is 0 Å². The standard InChI is InChI=1S/C16H24BrClO/c1-3-5-6-7-8-9-16(18)14-11-10-13(19-4-2)12-15(14)17/h10-12,16H,3-9H2,1-2H3. The van der Waals surface area contributed by atoms with Crippen molar-refractivity contribution in [2.45, 2.75) is 57.7 Å². The molecule has 0 aliphatic carbocycles. The van der Waals surface area contributed by atoms with Crippen LogP contribution in [0.25, 0.3) is 0 Å². The van der Waals surface area contributed by atoms with Crippen molar-refractivity contribution in [3.63, 3.8) is 0 Å². The van der Waals surface area contributed by atoms with E-state index < -0.39 is 0 Å². The molecule has 1 aromatic carbocycles. The Hall–Kier alpha value is -0.210. The van der Waals surface area contributed by atoms with Crippen molar-refractivity contribution in [1.29, 1.82) is 0 Å². The fourth-order valence-electron chi connectivity index (χ4n) is 2.10. The van der Waals surface area contributed by atoms with Crippen LogP contribution in [0.2, 0.25) is 0 Å². The van der Waals surface area contributed by atoms with Gasteiger partial charge in [-0.15, -0.1) is 11.6 Å². The summed E-state index contributed by atoms with van der Waals surface area (Å²) in [5.41, 5.74) is 1.17. The van der Waals surface area contributed by atoms with E-state index in [0.717, 1.165) is 16.6 Å². The molecular formula is C16H24BrClO. The maximum atomic E-state index is 6.48. The average molecular weight is 348 g/mol. The molecule has 3 heteroatoms. The summed E-state index contributed by atoms with van der Waals surface area (Å²) in [6.45, 7) is 4.91. The minimum absolute atomic E-state index is 0.0895. The Kier molecular flexibility index (Phi) is 8.56. The SMILES string of the molecule is CCCCCCCC(Cl)c1ccc(OCC)cc1Br. The van der Waals surface area contributed by atoms with Gasteiger partial charge in [0.25, 0.3) is 0 Å². The van der Waals surface area contributed by atoms with E-state index in [1.54, 1.807) is 0 Å². The Morgan fingerprint density at radius 1 is 1.16 bits per heavy atom. The van der Waals surface area contributed by atoms with E-state index in [0.29, 0.717) is 6.61 Å². The third-order valence-corrected chi connectivity index (χ3v) is 4.32. The number of rotatable bonds is 9. The van der Waals surface area contributed by atoms with Gasteiger partial charge in [-0.25, -0.2) is 0 Å². The lowest BCUT2D eigenvalue weighted by Crippen LogP contribution is -1.95. The van der Waals surface area contributed by atoms with Crippen molar-refractivity contribution >= 4 is 27.5 Å². The number of benzene rings is 1. The zero-order valence-electron chi connectivity index (χ0n) is 11.9. The maximum absolute atomic E-state index is 6.48. The molecule has 0 spiro atoms. The molecule has 0 bridgehead atoms. The lowest BCUT2D eigenvalue weighted by atomic mass is 10.0. The summed E-state index contributed by atoms with van der Waals surface area (Å²) in [6, 6.07) is 6.07. The monoisotopic (exact) mass is 346 g/mol. The topological polar surface area (TPSA) is 9.23 Å². The molecule has 1 aromatic rings. The van der Waals surface area contributed by atoms with Crippen LogP contribution in [0.4, 0.5) is 0 Å². The van der Waals surface area contributed by atoms with E-state index in [-0.39, 0.29) is 5.38 Å². The normalized spacial score (nSPS) is 12.4. The lowest BCUT2D eigenvalue weighted by molar-refractivity contribution is 0.340. The molecule has 1 rings (SSSR count). The molecule has 0 aromatic heterocycles. The second-order valence-corrected chi connectivity index (χ2v) is 6.17. The third kappa shape index (κ3) is 6.18. The molecule has 1 nitrogen and oxygen atoms in total. The fraction of sp³-hybridized carbons (Fsp3) is 0.625. The smallest absolute Gasteiger partial charge is 0.120 e. The summed E-state index contributed by atoms with van der Waals surface area (Å²) >= 11 is 10.1. The number of halogens is 2. The quantitative estimate of drug-likeness (QED) is 0.366. The van der Waals surface area contributed by atoms with Gasteiger partial charge in [-0.05, 0) is 31.0 Å². The van der Waals surface area contributed by atoms with Crippen LogP contribution in [-0.4, -0.2) is 6.61 Å². The highest BCUT2D eigenvalue weighted by Crippen LogP contribution is 2.34. The molecule has 1 unspecified atom stereocenters. The van der Waals surface area contributed by atoms with Crippen LogP contribution in [0.5, 0.6) is 5.75 Å². The van der Waals surface area contributed by atoms with E-state index in [1.165, 1.54) is 37.7 Å². The first-order valence-corrected chi connectivity index (χ1v) is 8.48. The Balaban J connectivity index is 2.45. The number of hydrogen-bond acceptors (Lipinski definition) is 1. The summed E-state index contributed by atoms with van der Waals surface area (Å²) in [5.74, 6) is 0.893. The van der Waals surface area contributed by atoms with Crippen molar-refractivity contribution in [1.82, 2.24) is 0 Å². The summed E-state index contributed by atoms with van der Waals surface area (Å²) in [7, 11) is 0. The van der Waals surface area contributed by atoms with Gasteiger partial charge in [-0.3, -0.25) is 0 Å². The second-order valence-electron chi connectivity index (χ2n) is 4.79. The van der Waals surface area contributed by atoms with Crippen LogP contribution in [0.1, 0.15) is 63.3 Å². The number of alkyl halides is 1. The van der Waals surface area contributed by atoms with Crippen LogP contribution >= 0.6 is 27.5 Å². The van der Waals surface area contributed by atoms with Gasteiger partial charge in [-0.1, -0.05) is 61.0 Å². The molecule has 1 atom stereocenters. The predicted octanol–water partition coefficient (Wildman–Crippen LogP) is 6.49. The predicted molar refractivity (Wildman–Crippen MR) is 87.3 cm³/mol. The minimum atomic E-state index is 0.0895. The minimum Gasteiger partial charge on any atom is -0.494 e. The first kappa shape index (κ1) is 16.8. The summed E-state index contributed by atoms with van der Waals surface area (Å²) in [4.78, 5) is 0. The Labute approximate surface area is 130 Å². The van der Waals surface area contributed by atoms with Gasteiger partial charge in [0.2, 0.25) is 0 Å². The largest absolute Gasteiger partial charge is 0.494 e. The number of ether oxygens (including phenoxy) is 1. The average Bonchev–Trinajstić information content (AvgIpc) is 2.39. The molecule has 0 N–H and O–H groups in total. The molecule has 0 saturated heterocycles. The van der Waals surface area contributed by atoms with E-state index in [4.69, 9.17) is 16.3 Å². The van der Waals surface area contributed by atoms with Gasteiger partial charge in [0.05, 0.1) is 12.0 Å². The third-order valence-electron chi connectivity index (χ3n) is 3.18. The van der Waals surface area contributed by atoms with Crippen molar-refractivity contribution in [2.24, 2.45) is 0 Å². The number of hydrogen-bond donors (Lipinski definition) is 0. The molecule has 0 aliphatic rings. The first-order valence-electron chi connectivity index (χ1n) is 7.25. The molecular weight excluding hydrogens is 324 g/mol. The van der Waals surface area contributed by atoms with Gasteiger partial charge in [-0.2, -0.15) is 0 Å². The van der Waals surface area contributed by atoms with E-state index in [1.807, 2.05) is 19.1 Å². The lowest BCUT2D eigenvalue weighted by Gasteiger charge is -2.13. The fourth-order valence-corrected chi connectivity index (χ4v) is 3.21. The molecule has 108 valence electrons. The second kappa shape index (κ2) is 9.66. The van der Waals surface area contributed by atoms with E-state index >= 15 is 0 Å². The zero-order chi connectivity index (χ0) is 14.1. The van der Waals surface area contributed by atoms with Gasteiger partial charge >= 0.3 is 0 Å². The first-order chi connectivity index (χ1) is 9.19. The van der Waals surface area contributed by atoms with Gasteiger partial charge < -0.3 is 4.74 Å². The van der Waals surface area contributed by atoms with Crippen molar-refractivity contribution in [3.05, 3.63) is 28.2 Å². The Morgan fingerprint density at radius 3 is 2.53 bits per heavy atom. The molecule has 0 amide bonds. The van der Waals surface area contributed by atoms with Crippen LogP contribution < -0.4 is 4.74 Å². The summed E-state index contributed by atoms with van der Waals surface area (Å²) < 4.78 is 6.52. The zero-order valence-corrected chi connectivity index (χ0v) is 14.3. The Morgan fingerprint density at radius 2 is 1.89 bits per heavy atom. The highest BCUT2D eigenvalue weighted by Gasteiger charge is 2.12. The highest BCUT2D eigenvalue weighted by atomic mass is 79.9. The van der Waals surface area contributed by atoms with Crippen LogP contribution in [0.3, 0.4) is 0 Å². The van der Waals surface area contributed by atoms with Crippen LogP contribution in [-0.2, 0) is 0 Å². The molecule has 0 fully saturated rings. The molecule has 19 heavy (non-hydrogen) atoms. The van der Waals surface area contributed by atoms with Gasteiger partial charge in [0, 0.05) is 4.47 Å². The molecule has 0 heterocycles.